The van der Waals surface area contributed by atoms with Crippen LogP contribution in [0.25, 0.3) is 0 Å². The Bertz CT molecular complexity index is 632. The zero-order valence-corrected chi connectivity index (χ0v) is 13.2. The maximum Gasteiger partial charge on any atom is 0.257 e. The van der Waals surface area contributed by atoms with E-state index in [4.69, 9.17) is 17.3 Å². The van der Waals surface area contributed by atoms with Crippen molar-refractivity contribution in [3.05, 3.63) is 64.2 Å². The third-order valence-electron chi connectivity index (χ3n) is 3.72. The molecule has 2 rings (SSSR count). The van der Waals surface area contributed by atoms with Gasteiger partial charge in [-0.2, -0.15) is 0 Å². The molecule has 1 atom stereocenters. The highest BCUT2D eigenvalue weighted by molar-refractivity contribution is 6.34. The quantitative estimate of drug-likeness (QED) is 0.869. The lowest BCUT2D eigenvalue weighted by Gasteiger charge is -2.26. The Labute approximate surface area is 130 Å². The Balaban J connectivity index is 2.28. The van der Waals surface area contributed by atoms with Gasteiger partial charge in [0.05, 0.1) is 16.6 Å². The van der Waals surface area contributed by atoms with Gasteiger partial charge in [-0.05, 0) is 31.5 Å². The van der Waals surface area contributed by atoms with E-state index >= 15 is 0 Å². The van der Waals surface area contributed by atoms with E-state index in [0.717, 1.165) is 5.56 Å². The number of amides is 1. The first-order valence-corrected chi connectivity index (χ1v) is 7.17. The summed E-state index contributed by atoms with van der Waals surface area (Å²) < 4.78 is 0. The van der Waals surface area contributed by atoms with Gasteiger partial charge in [0.15, 0.2) is 0 Å². The molecule has 0 aliphatic carbocycles. The topological polar surface area (TPSA) is 46.3 Å². The number of hydrogen-bond acceptors (Lipinski definition) is 2. The number of nitrogens with two attached hydrogens (primary N) is 1. The molecule has 0 saturated carbocycles. The summed E-state index contributed by atoms with van der Waals surface area (Å²) in [6.45, 7) is 4.02. The SMILES string of the molecule is Cc1ccc(C(C)N(C)C(=O)c2c(N)cccc2Cl)cc1. The van der Waals surface area contributed by atoms with Crippen LogP contribution in [0.1, 0.15) is 34.5 Å². The van der Waals surface area contributed by atoms with Gasteiger partial charge < -0.3 is 10.6 Å². The maximum absolute atomic E-state index is 12.6. The van der Waals surface area contributed by atoms with Crippen LogP contribution >= 0.6 is 11.6 Å². The van der Waals surface area contributed by atoms with Crippen LogP contribution in [0.4, 0.5) is 5.69 Å². The number of halogens is 1. The highest BCUT2D eigenvalue weighted by atomic mass is 35.5. The van der Waals surface area contributed by atoms with Crippen molar-refractivity contribution in [2.75, 3.05) is 12.8 Å². The van der Waals surface area contributed by atoms with E-state index < -0.39 is 0 Å². The van der Waals surface area contributed by atoms with Crippen molar-refractivity contribution >= 4 is 23.2 Å². The van der Waals surface area contributed by atoms with E-state index in [0.29, 0.717) is 16.3 Å². The average Bonchev–Trinajstić information content (AvgIpc) is 2.46. The van der Waals surface area contributed by atoms with Gasteiger partial charge in [0, 0.05) is 12.7 Å². The Kier molecular flexibility index (Phi) is 4.53. The number of hydrogen-bond donors (Lipinski definition) is 1. The molecule has 4 heteroatoms. The second-order valence-corrected chi connectivity index (χ2v) is 5.61. The minimum atomic E-state index is -0.175. The van der Waals surface area contributed by atoms with Crippen molar-refractivity contribution in [2.45, 2.75) is 19.9 Å². The van der Waals surface area contributed by atoms with E-state index in [2.05, 4.69) is 0 Å². The zero-order valence-electron chi connectivity index (χ0n) is 12.4. The summed E-state index contributed by atoms with van der Waals surface area (Å²) in [5.41, 5.74) is 8.91. The molecule has 21 heavy (non-hydrogen) atoms. The van der Waals surface area contributed by atoms with Crippen molar-refractivity contribution in [3.63, 3.8) is 0 Å². The summed E-state index contributed by atoms with van der Waals surface area (Å²) in [5, 5.41) is 0.378. The standard InChI is InChI=1S/C17H19ClN2O/c1-11-7-9-13(10-8-11)12(2)20(3)17(21)16-14(18)5-4-6-15(16)19/h4-10,12H,19H2,1-3H3. The van der Waals surface area contributed by atoms with Crippen LogP contribution in [-0.4, -0.2) is 17.9 Å². The number of anilines is 1. The number of nitrogen functional groups attached to an aromatic ring is 1. The monoisotopic (exact) mass is 302 g/mol. The fourth-order valence-corrected chi connectivity index (χ4v) is 2.45. The number of nitrogens with zero attached hydrogens (tertiary/aromatic N) is 1. The summed E-state index contributed by atoms with van der Waals surface area (Å²) in [6.07, 6.45) is 0. The van der Waals surface area contributed by atoms with Crippen molar-refractivity contribution in [2.24, 2.45) is 0 Å². The van der Waals surface area contributed by atoms with Gasteiger partial charge in [0.25, 0.3) is 5.91 Å². The molecular formula is C17H19ClN2O. The molecule has 110 valence electrons. The smallest absolute Gasteiger partial charge is 0.257 e. The minimum Gasteiger partial charge on any atom is -0.398 e. The molecule has 0 bridgehead atoms. The number of rotatable bonds is 3. The van der Waals surface area contributed by atoms with Crippen molar-refractivity contribution in [1.29, 1.82) is 0 Å². The molecule has 3 nitrogen and oxygen atoms in total. The second-order valence-electron chi connectivity index (χ2n) is 5.21. The van der Waals surface area contributed by atoms with Crippen LogP contribution in [0, 0.1) is 6.92 Å². The van der Waals surface area contributed by atoms with E-state index in [9.17, 15) is 4.79 Å². The molecule has 2 N–H and O–H groups in total. The highest BCUT2D eigenvalue weighted by Crippen LogP contribution is 2.27. The predicted octanol–water partition coefficient (Wildman–Crippen LogP) is 4.06. The maximum atomic E-state index is 12.6. The fraction of sp³-hybridized carbons (Fsp3) is 0.235. The van der Waals surface area contributed by atoms with Gasteiger partial charge >= 0.3 is 0 Å². The van der Waals surface area contributed by atoms with Crippen molar-refractivity contribution in [1.82, 2.24) is 4.90 Å². The Morgan fingerprint density at radius 1 is 1.19 bits per heavy atom. The summed E-state index contributed by atoms with van der Waals surface area (Å²) in [7, 11) is 1.76. The molecule has 1 unspecified atom stereocenters. The highest BCUT2D eigenvalue weighted by Gasteiger charge is 2.22. The van der Waals surface area contributed by atoms with Crippen LogP contribution in [0.2, 0.25) is 5.02 Å². The molecule has 0 spiro atoms. The predicted molar refractivity (Wildman–Crippen MR) is 87.6 cm³/mol. The molecule has 0 saturated heterocycles. The third-order valence-corrected chi connectivity index (χ3v) is 4.04. The van der Waals surface area contributed by atoms with Gasteiger partial charge in [-0.25, -0.2) is 0 Å². The molecule has 0 aliphatic heterocycles. The largest absolute Gasteiger partial charge is 0.398 e. The molecule has 2 aromatic carbocycles. The van der Waals surface area contributed by atoms with Crippen LogP contribution < -0.4 is 5.73 Å². The Morgan fingerprint density at radius 2 is 1.81 bits per heavy atom. The lowest BCUT2D eigenvalue weighted by Crippen LogP contribution is -2.30. The van der Waals surface area contributed by atoms with Gasteiger partial charge in [0.2, 0.25) is 0 Å². The first kappa shape index (κ1) is 15.4. The summed E-state index contributed by atoms with van der Waals surface area (Å²) in [4.78, 5) is 14.3. The normalized spacial score (nSPS) is 12.0. The number of carbonyl (C=O) groups excluding carboxylic acids is 1. The fourth-order valence-electron chi connectivity index (χ4n) is 2.19. The van der Waals surface area contributed by atoms with E-state index in [-0.39, 0.29) is 11.9 Å². The molecule has 0 heterocycles. The van der Waals surface area contributed by atoms with Crippen molar-refractivity contribution in [3.8, 4) is 0 Å². The van der Waals surface area contributed by atoms with Gasteiger partial charge in [-0.1, -0.05) is 47.5 Å². The first-order valence-electron chi connectivity index (χ1n) is 6.79. The van der Waals surface area contributed by atoms with Gasteiger partial charge in [-0.3, -0.25) is 4.79 Å². The number of aryl methyl sites for hydroxylation is 1. The zero-order chi connectivity index (χ0) is 15.6. The van der Waals surface area contributed by atoms with Crippen LogP contribution in [0.5, 0.6) is 0 Å². The van der Waals surface area contributed by atoms with Crippen LogP contribution in [0.3, 0.4) is 0 Å². The van der Waals surface area contributed by atoms with E-state index in [1.54, 1.807) is 30.1 Å². The summed E-state index contributed by atoms with van der Waals surface area (Å²) >= 11 is 6.11. The molecule has 1 amide bonds. The Hall–Kier alpha value is -2.00. The number of carbonyl (C=O) groups is 1. The third kappa shape index (κ3) is 3.19. The van der Waals surface area contributed by atoms with Crippen LogP contribution in [0.15, 0.2) is 42.5 Å². The second kappa shape index (κ2) is 6.19. The molecule has 0 radical (unpaired) electrons. The first-order chi connectivity index (χ1) is 9.91. The number of benzene rings is 2. The molecule has 0 aromatic heterocycles. The van der Waals surface area contributed by atoms with Gasteiger partial charge in [0.1, 0.15) is 0 Å². The molecule has 2 aromatic rings. The van der Waals surface area contributed by atoms with E-state index in [1.165, 1.54) is 5.56 Å². The molecule has 0 fully saturated rings. The average molecular weight is 303 g/mol. The van der Waals surface area contributed by atoms with Crippen molar-refractivity contribution < 1.29 is 4.79 Å². The van der Waals surface area contributed by atoms with Gasteiger partial charge in [-0.15, -0.1) is 0 Å². The minimum absolute atomic E-state index is 0.0613. The Morgan fingerprint density at radius 3 is 2.38 bits per heavy atom. The lowest BCUT2D eigenvalue weighted by atomic mass is 10.0. The van der Waals surface area contributed by atoms with E-state index in [1.807, 2.05) is 38.1 Å². The summed E-state index contributed by atoms with van der Waals surface area (Å²) in [6, 6.07) is 13.2. The lowest BCUT2D eigenvalue weighted by molar-refractivity contribution is 0.0744. The molecular weight excluding hydrogens is 284 g/mol. The van der Waals surface area contributed by atoms with Crippen LogP contribution in [-0.2, 0) is 0 Å². The summed E-state index contributed by atoms with van der Waals surface area (Å²) in [5.74, 6) is -0.175. The molecule has 0 aliphatic rings.